The summed E-state index contributed by atoms with van der Waals surface area (Å²) in [7, 11) is 0. The third-order valence-corrected chi connectivity index (χ3v) is 4.53. The molecule has 3 heterocycles. The number of anilines is 1. The van der Waals surface area contributed by atoms with Gasteiger partial charge >= 0.3 is 0 Å². The van der Waals surface area contributed by atoms with Crippen LogP contribution in [0.4, 0.5) is 14.6 Å². The van der Waals surface area contributed by atoms with E-state index < -0.39 is 11.6 Å². The van der Waals surface area contributed by atoms with Crippen LogP contribution in [-0.2, 0) is 6.54 Å². The van der Waals surface area contributed by atoms with Crippen molar-refractivity contribution in [3.8, 4) is 0 Å². The van der Waals surface area contributed by atoms with Gasteiger partial charge in [0, 0.05) is 38.1 Å². The molecule has 4 rings (SSSR count). The van der Waals surface area contributed by atoms with E-state index in [1.54, 1.807) is 18.6 Å². The summed E-state index contributed by atoms with van der Waals surface area (Å²) in [6.45, 7) is 2.39. The minimum atomic E-state index is -0.804. The van der Waals surface area contributed by atoms with Crippen LogP contribution in [0.2, 0.25) is 0 Å². The topological polar surface area (TPSA) is 58.4 Å². The number of nitrogens with one attached hydrogen (secondary N) is 1. The van der Waals surface area contributed by atoms with Crippen LogP contribution < -0.4 is 5.32 Å². The van der Waals surface area contributed by atoms with Gasteiger partial charge in [-0.2, -0.15) is 0 Å². The quantitative estimate of drug-likeness (QED) is 0.788. The second-order valence-corrected chi connectivity index (χ2v) is 6.28. The molecule has 130 valence electrons. The number of rotatable bonds is 4. The second-order valence-electron chi connectivity index (χ2n) is 6.28. The summed E-state index contributed by atoms with van der Waals surface area (Å²) in [5, 5.41) is 11.4. The maximum atomic E-state index is 13.3. The third kappa shape index (κ3) is 3.43. The molecule has 1 aliphatic heterocycles. The van der Waals surface area contributed by atoms with Gasteiger partial charge in [-0.05, 0) is 30.5 Å². The van der Waals surface area contributed by atoms with E-state index in [1.807, 2.05) is 10.6 Å². The fourth-order valence-corrected chi connectivity index (χ4v) is 3.19. The van der Waals surface area contributed by atoms with Gasteiger partial charge in [-0.25, -0.2) is 13.8 Å². The van der Waals surface area contributed by atoms with E-state index in [2.05, 4.69) is 25.4 Å². The van der Waals surface area contributed by atoms with Crippen molar-refractivity contribution in [3.63, 3.8) is 0 Å². The number of aromatic nitrogens is 4. The molecular formula is C17H18F2N6. The average Bonchev–Trinajstić information content (AvgIpc) is 3.10. The molecule has 1 N–H and O–H groups in total. The van der Waals surface area contributed by atoms with Crippen molar-refractivity contribution >= 4 is 11.5 Å². The van der Waals surface area contributed by atoms with E-state index in [1.165, 1.54) is 12.1 Å². The summed E-state index contributed by atoms with van der Waals surface area (Å²) >= 11 is 0. The molecule has 6 nitrogen and oxygen atoms in total. The molecule has 0 spiro atoms. The fourth-order valence-electron chi connectivity index (χ4n) is 3.19. The lowest BCUT2D eigenvalue weighted by Crippen LogP contribution is -2.38. The number of halogens is 2. The zero-order valence-corrected chi connectivity index (χ0v) is 13.6. The minimum Gasteiger partial charge on any atom is -0.364 e. The summed E-state index contributed by atoms with van der Waals surface area (Å²) in [5.74, 6) is -0.859. The highest BCUT2D eigenvalue weighted by atomic mass is 19.2. The van der Waals surface area contributed by atoms with E-state index in [0.29, 0.717) is 18.2 Å². The van der Waals surface area contributed by atoms with Gasteiger partial charge in [-0.15, -0.1) is 10.2 Å². The van der Waals surface area contributed by atoms with Crippen LogP contribution in [0.5, 0.6) is 0 Å². The number of piperidine rings is 1. The van der Waals surface area contributed by atoms with Gasteiger partial charge in [0.05, 0.1) is 0 Å². The molecule has 0 saturated carbocycles. The standard InChI is InChI=1S/C17H18F2N6/c18-14-2-1-12(9-15(14)19)10-24-6-3-13(4-7-24)22-16-17-23-21-11-25(17)8-5-20-16/h1-2,5,8-9,11,13H,3-4,6-7,10H2,(H,20,22). The van der Waals surface area contributed by atoms with Gasteiger partial charge in [0.15, 0.2) is 17.5 Å². The number of hydrogen-bond acceptors (Lipinski definition) is 5. The highest BCUT2D eigenvalue weighted by Gasteiger charge is 2.20. The Morgan fingerprint density at radius 2 is 2.00 bits per heavy atom. The van der Waals surface area contributed by atoms with Crippen molar-refractivity contribution in [2.45, 2.75) is 25.4 Å². The lowest BCUT2D eigenvalue weighted by molar-refractivity contribution is 0.211. The van der Waals surface area contributed by atoms with Gasteiger partial charge in [0.25, 0.3) is 0 Å². The molecule has 1 fully saturated rings. The molecule has 0 unspecified atom stereocenters. The van der Waals surface area contributed by atoms with E-state index in [0.717, 1.165) is 37.3 Å². The lowest BCUT2D eigenvalue weighted by atomic mass is 10.0. The summed E-state index contributed by atoms with van der Waals surface area (Å²) in [4.78, 5) is 6.60. The van der Waals surface area contributed by atoms with E-state index in [-0.39, 0.29) is 0 Å². The molecule has 1 saturated heterocycles. The van der Waals surface area contributed by atoms with Crippen LogP contribution in [0.1, 0.15) is 18.4 Å². The first-order valence-corrected chi connectivity index (χ1v) is 8.26. The maximum Gasteiger partial charge on any atom is 0.203 e. The molecule has 25 heavy (non-hydrogen) atoms. The molecule has 1 aromatic carbocycles. The molecule has 0 bridgehead atoms. The lowest BCUT2D eigenvalue weighted by Gasteiger charge is -2.32. The Kier molecular flexibility index (Phi) is 4.27. The van der Waals surface area contributed by atoms with Crippen LogP contribution in [-0.4, -0.2) is 43.6 Å². The zero-order valence-electron chi connectivity index (χ0n) is 13.6. The largest absolute Gasteiger partial charge is 0.364 e. The third-order valence-electron chi connectivity index (χ3n) is 4.53. The second kappa shape index (κ2) is 6.72. The molecule has 2 aromatic heterocycles. The predicted molar refractivity (Wildman–Crippen MR) is 89.1 cm³/mol. The van der Waals surface area contributed by atoms with Crippen molar-refractivity contribution in [2.24, 2.45) is 0 Å². The molecular weight excluding hydrogens is 326 g/mol. The monoisotopic (exact) mass is 344 g/mol. The van der Waals surface area contributed by atoms with Crippen LogP contribution in [0.15, 0.2) is 36.9 Å². The van der Waals surface area contributed by atoms with Gasteiger partial charge in [0.2, 0.25) is 5.65 Å². The Morgan fingerprint density at radius 1 is 1.16 bits per heavy atom. The Hall–Kier alpha value is -2.61. The molecule has 0 atom stereocenters. The van der Waals surface area contributed by atoms with Crippen LogP contribution in [0, 0.1) is 11.6 Å². The summed E-state index contributed by atoms with van der Waals surface area (Å²) in [6.07, 6.45) is 7.07. The van der Waals surface area contributed by atoms with Gasteiger partial charge < -0.3 is 5.32 Å². The Bertz CT molecular complexity index is 872. The summed E-state index contributed by atoms with van der Waals surface area (Å²) in [5.41, 5.74) is 1.51. The van der Waals surface area contributed by atoms with Crippen LogP contribution in [0.3, 0.4) is 0 Å². The highest BCUT2D eigenvalue weighted by Crippen LogP contribution is 2.19. The molecule has 8 heteroatoms. The summed E-state index contributed by atoms with van der Waals surface area (Å²) in [6, 6.07) is 4.40. The smallest absolute Gasteiger partial charge is 0.203 e. The molecule has 0 radical (unpaired) electrons. The normalized spacial score (nSPS) is 16.4. The van der Waals surface area contributed by atoms with Crippen LogP contribution in [0.25, 0.3) is 5.65 Å². The van der Waals surface area contributed by atoms with Crippen molar-refractivity contribution in [3.05, 3.63) is 54.1 Å². The number of benzene rings is 1. The molecule has 0 amide bonds. The van der Waals surface area contributed by atoms with E-state index in [9.17, 15) is 8.78 Å². The fraction of sp³-hybridized carbons (Fsp3) is 0.353. The van der Waals surface area contributed by atoms with Crippen molar-refractivity contribution in [1.29, 1.82) is 0 Å². The first-order chi connectivity index (χ1) is 12.2. The summed E-state index contributed by atoms with van der Waals surface area (Å²) < 4.78 is 28.2. The van der Waals surface area contributed by atoms with Crippen molar-refractivity contribution in [1.82, 2.24) is 24.5 Å². The van der Waals surface area contributed by atoms with Crippen molar-refractivity contribution in [2.75, 3.05) is 18.4 Å². The van der Waals surface area contributed by atoms with E-state index in [4.69, 9.17) is 0 Å². The van der Waals surface area contributed by atoms with Gasteiger partial charge in [-0.1, -0.05) is 6.07 Å². The number of fused-ring (bicyclic) bond motifs is 1. The molecule has 0 aliphatic carbocycles. The Morgan fingerprint density at radius 3 is 2.80 bits per heavy atom. The Labute approximate surface area is 143 Å². The van der Waals surface area contributed by atoms with Gasteiger partial charge in [0.1, 0.15) is 6.33 Å². The first kappa shape index (κ1) is 15.9. The van der Waals surface area contributed by atoms with Crippen LogP contribution >= 0.6 is 0 Å². The number of hydrogen-bond donors (Lipinski definition) is 1. The number of nitrogens with zero attached hydrogens (tertiary/aromatic N) is 5. The van der Waals surface area contributed by atoms with Gasteiger partial charge in [-0.3, -0.25) is 9.30 Å². The maximum absolute atomic E-state index is 13.3. The minimum absolute atomic E-state index is 0.302. The molecule has 3 aromatic rings. The van der Waals surface area contributed by atoms with E-state index >= 15 is 0 Å². The highest BCUT2D eigenvalue weighted by molar-refractivity contribution is 5.61. The Balaban J connectivity index is 1.35. The number of likely N-dealkylation sites (tertiary alicyclic amines) is 1. The zero-order chi connectivity index (χ0) is 17.2. The van der Waals surface area contributed by atoms with Crippen molar-refractivity contribution < 1.29 is 8.78 Å². The first-order valence-electron chi connectivity index (χ1n) is 8.26. The average molecular weight is 344 g/mol. The molecule has 1 aliphatic rings. The predicted octanol–water partition coefficient (Wildman–Crippen LogP) is 2.48. The SMILES string of the molecule is Fc1ccc(CN2CCC(Nc3nccn4cnnc34)CC2)cc1F.